The molecule has 0 saturated heterocycles. The molecule has 0 saturated carbocycles. The highest BCUT2D eigenvalue weighted by atomic mass is 16.7. The maximum absolute atomic E-state index is 14.4. The fraction of sp³-hybridized carbons (Fsp3) is 0.707. The third-order valence-corrected chi connectivity index (χ3v) is 21.0. The van der Waals surface area contributed by atoms with Crippen molar-refractivity contribution in [2.75, 3.05) is 54.6 Å². The first-order chi connectivity index (χ1) is 53.0. The molecule has 2 atom stereocenters. The second-order valence-electron chi connectivity index (χ2n) is 31.1. The lowest BCUT2D eigenvalue weighted by Gasteiger charge is -2.30. The summed E-state index contributed by atoms with van der Waals surface area (Å²) in [5.41, 5.74) is 5.97. The number of nitrogens with zero attached hydrogens (tertiary/aromatic N) is 2. The van der Waals surface area contributed by atoms with E-state index in [9.17, 15) is 4.79 Å². The SMILES string of the molecule is CCCCC/C=C\C/C=C\CCCCCCCCOc1cc(COC(=O)OCc2cc(OCCCCCCCC/C=C\C/C=C\CCCCC)c(C)c(C(CC)N(C)C)c2OCCCCCCCC/C=C\C/C=C\CCCCC)c(OCCCCCCCC/C=C\C/C=C\CCCCC)c(C(CC)N(C)C)c1C. The first-order valence-corrected chi connectivity index (χ1v) is 45.2. The molecule has 108 heavy (non-hydrogen) atoms. The summed E-state index contributed by atoms with van der Waals surface area (Å²) >= 11 is 0. The van der Waals surface area contributed by atoms with Gasteiger partial charge in [-0.3, -0.25) is 0 Å². The largest absolute Gasteiger partial charge is 0.508 e. The van der Waals surface area contributed by atoms with Gasteiger partial charge in [0.15, 0.2) is 0 Å². The van der Waals surface area contributed by atoms with Gasteiger partial charge in [-0.05, 0) is 232 Å². The van der Waals surface area contributed by atoms with Crippen LogP contribution in [0.2, 0.25) is 0 Å². The van der Waals surface area contributed by atoms with E-state index >= 15 is 0 Å². The van der Waals surface area contributed by atoms with Crippen LogP contribution in [0, 0.1) is 13.8 Å². The number of allylic oxidation sites excluding steroid dienone is 16. The van der Waals surface area contributed by atoms with Gasteiger partial charge < -0.3 is 38.2 Å². The molecule has 0 N–H and O–H groups in total. The Labute approximate surface area is 667 Å². The summed E-state index contributed by atoms with van der Waals surface area (Å²) in [6, 6.07) is 4.27. The Balaban J connectivity index is 2.39. The lowest BCUT2D eigenvalue weighted by atomic mass is 9.93. The molecule has 0 amide bonds. The van der Waals surface area contributed by atoms with Gasteiger partial charge >= 0.3 is 6.16 Å². The van der Waals surface area contributed by atoms with Crippen molar-refractivity contribution in [2.24, 2.45) is 0 Å². The van der Waals surface area contributed by atoms with Crippen LogP contribution in [0.4, 0.5) is 4.79 Å². The van der Waals surface area contributed by atoms with Gasteiger partial charge in [-0.2, -0.15) is 0 Å². The van der Waals surface area contributed by atoms with Crippen molar-refractivity contribution in [3.63, 3.8) is 0 Å². The standard InChI is InChI=1S/C99H168N2O7/c1-13-19-23-27-31-35-39-43-47-51-55-59-63-67-71-75-79-103-93-83-89(97(95(87(93)7)91(17-5)100(9)10)105-81-77-73-69-65-61-57-53-49-45-41-37-33-29-25-21-15-3)85-107-99(102)108-86-90-84-94(104-80-76-72-68-64-60-56-52-48-44-40-36-32-28-24-20-14-2)88(8)96(92(18-6)101(11)12)98(90)106-82-78-74-70-66-62-58-54-50-46-42-38-34-30-26-22-16-4/h31-38,43-50,83-84,91-92H,13-30,39-42,51-82,85-86H2,1-12H3/b35-31-,36-32-,37-33-,38-34-,47-43-,48-44-,49-45-,50-46-. The van der Waals surface area contributed by atoms with Crippen LogP contribution in [0.5, 0.6) is 23.0 Å². The fourth-order valence-corrected chi connectivity index (χ4v) is 14.3. The van der Waals surface area contributed by atoms with E-state index in [1.54, 1.807) is 0 Å². The number of hydrogen-bond donors (Lipinski definition) is 0. The molecule has 0 aliphatic heterocycles. The lowest BCUT2D eigenvalue weighted by molar-refractivity contribution is 0.0432. The van der Waals surface area contributed by atoms with E-state index in [1.165, 1.54) is 205 Å². The lowest BCUT2D eigenvalue weighted by Crippen LogP contribution is -2.22. The molecule has 2 unspecified atom stereocenters. The molecule has 0 heterocycles. The van der Waals surface area contributed by atoms with Crippen molar-refractivity contribution in [3.8, 4) is 23.0 Å². The van der Waals surface area contributed by atoms with Crippen molar-refractivity contribution < 1.29 is 33.2 Å². The first kappa shape index (κ1) is 98.8. The summed E-state index contributed by atoms with van der Waals surface area (Å²) in [5.74, 6) is 3.24. The summed E-state index contributed by atoms with van der Waals surface area (Å²) in [4.78, 5) is 19.0. The van der Waals surface area contributed by atoms with Gasteiger partial charge in [-0.15, -0.1) is 0 Å². The molecule has 2 rings (SSSR count). The van der Waals surface area contributed by atoms with Crippen molar-refractivity contribution in [2.45, 2.75) is 402 Å². The summed E-state index contributed by atoms with van der Waals surface area (Å²) < 4.78 is 40.1. The number of carbonyl (C=O) groups excluding carboxylic acids is 1. The molecule has 2 aromatic carbocycles. The molecule has 0 fully saturated rings. The molecule has 0 spiro atoms. The molecule has 0 radical (unpaired) electrons. The Morgan fingerprint density at radius 3 is 0.759 bits per heavy atom. The van der Waals surface area contributed by atoms with Crippen LogP contribution in [-0.2, 0) is 22.7 Å². The minimum Gasteiger partial charge on any atom is -0.493 e. The number of ether oxygens (including phenoxy) is 6. The minimum absolute atomic E-state index is 0.0204. The topological polar surface area (TPSA) is 78.9 Å². The Morgan fingerprint density at radius 2 is 0.528 bits per heavy atom. The van der Waals surface area contributed by atoms with Crippen molar-refractivity contribution in [1.82, 2.24) is 9.80 Å². The highest BCUT2D eigenvalue weighted by molar-refractivity contribution is 5.62. The Hall–Kier alpha value is -5.25. The smallest absolute Gasteiger partial charge is 0.493 e. The van der Waals surface area contributed by atoms with Crippen molar-refractivity contribution >= 4 is 6.16 Å². The molecule has 9 nitrogen and oxygen atoms in total. The van der Waals surface area contributed by atoms with Crippen LogP contribution in [0.1, 0.15) is 408 Å². The Kier molecular flexibility index (Phi) is 65.9. The first-order valence-electron chi connectivity index (χ1n) is 45.2. The zero-order chi connectivity index (χ0) is 78.2. The molecule has 616 valence electrons. The third kappa shape index (κ3) is 50.6. The van der Waals surface area contributed by atoms with Crippen LogP contribution < -0.4 is 18.9 Å². The molecule has 0 aromatic heterocycles. The van der Waals surface area contributed by atoms with Crippen LogP contribution in [-0.4, -0.2) is 70.6 Å². The molecule has 2 aromatic rings. The van der Waals surface area contributed by atoms with Crippen LogP contribution in [0.15, 0.2) is 109 Å². The van der Waals surface area contributed by atoms with Gasteiger partial charge in [0.2, 0.25) is 0 Å². The number of hydrogen-bond acceptors (Lipinski definition) is 9. The molecule has 9 heteroatoms. The van der Waals surface area contributed by atoms with Crippen molar-refractivity contribution in [3.05, 3.63) is 143 Å². The van der Waals surface area contributed by atoms with E-state index in [4.69, 9.17) is 28.4 Å². The van der Waals surface area contributed by atoms with Gasteiger partial charge in [0, 0.05) is 34.3 Å². The Bertz CT molecular complexity index is 2510. The van der Waals surface area contributed by atoms with Crippen LogP contribution in [0.25, 0.3) is 0 Å². The zero-order valence-corrected chi connectivity index (χ0v) is 72.4. The number of benzene rings is 2. The van der Waals surface area contributed by atoms with Gasteiger partial charge in [0.05, 0.1) is 26.4 Å². The maximum atomic E-state index is 14.4. The van der Waals surface area contributed by atoms with Crippen LogP contribution in [0.3, 0.4) is 0 Å². The fourth-order valence-electron chi connectivity index (χ4n) is 14.3. The summed E-state index contributed by atoms with van der Waals surface area (Å²) in [7, 11) is 8.59. The second kappa shape index (κ2) is 72.0. The minimum atomic E-state index is -0.738. The van der Waals surface area contributed by atoms with Crippen molar-refractivity contribution in [1.29, 1.82) is 0 Å². The summed E-state index contributed by atoms with van der Waals surface area (Å²) in [6.07, 6.45) is 95.6. The predicted molar refractivity (Wildman–Crippen MR) is 470 cm³/mol. The molecular formula is C99H168N2O7. The number of unbranched alkanes of at least 4 members (excludes halogenated alkanes) is 36. The van der Waals surface area contributed by atoms with E-state index in [2.05, 4.69) is 203 Å². The molecule has 0 aliphatic carbocycles. The van der Waals surface area contributed by atoms with Gasteiger partial charge in [-0.1, -0.05) is 293 Å². The quantitative estimate of drug-likeness (QED) is 0.0366. The summed E-state index contributed by atoms with van der Waals surface area (Å²) in [5, 5.41) is 0. The van der Waals surface area contributed by atoms with E-state index in [0.717, 1.165) is 172 Å². The highest BCUT2D eigenvalue weighted by Gasteiger charge is 2.29. The third-order valence-electron chi connectivity index (χ3n) is 21.0. The van der Waals surface area contributed by atoms with E-state index in [0.29, 0.717) is 26.4 Å². The van der Waals surface area contributed by atoms with Gasteiger partial charge in [-0.25, -0.2) is 4.79 Å². The average molecular weight is 1500 g/mol. The monoisotopic (exact) mass is 1500 g/mol. The summed E-state index contributed by atoms with van der Waals surface area (Å²) in [6.45, 7) is 20.3. The number of carbonyl (C=O) groups is 1. The molecule has 0 bridgehead atoms. The maximum Gasteiger partial charge on any atom is 0.508 e. The van der Waals surface area contributed by atoms with E-state index in [-0.39, 0.29) is 25.3 Å². The predicted octanol–water partition coefficient (Wildman–Crippen LogP) is 31.0. The molecule has 0 aliphatic rings. The van der Waals surface area contributed by atoms with E-state index in [1.807, 2.05) is 0 Å². The highest BCUT2D eigenvalue weighted by Crippen LogP contribution is 2.44. The van der Waals surface area contributed by atoms with Gasteiger partial charge in [0.25, 0.3) is 0 Å². The van der Waals surface area contributed by atoms with Gasteiger partial charge in [0.1, 0.15) is 36.2 Å². The number of rotatable bonds is 74. The zero-order valence-electron chi connectivity index (χ0n) is 72.4. The van der Waals surface area contributed by atoms with Crippen LogP contribution >= 0.6 is 0 Å². The Morgan fingerprint density at radius 1 is 0.306 bits per heavy atom. The average Bonchev–Trinajstić information content (AvgIpc) is 0.789. The molecular weight excluding hydrogens is 1330 g/mol. The second-order valence-corrected chi connectivity index (χ2v) is 31.1. The normalized spacial score (nSPS) is 12.9. The van der Waals surface area contributed by atoms with E-state index < -0.39 is 6.16 Å².